The van der Waals surface area contributed by atoms with Crippen LogP contribution < -0.4 is 21.5 Å². The Labute approximate surface area is 276 Å². The molecule has 6 rings (SSSR count). The Morgan fingerprint density at radius 3 is 2.62 bits per heavy atom. The number of pyridine rings is 1. The van der Waals surface area contributed by atoms with Gasteiger partial charge in [-0.1, -0.05) is 30.7 Å². The van der Waals surface area contributed by atoms with Crippen molar-refractivity contribution in [2.75, 3.05) is 50.6 Å². The van der Waals surface area contributed by atoms with Crippen LogP contribution in [-0.4, -0.2) is 59.6 Å². The second-order valence-electron chi connectivity index (χ2n) is 12.0. The number of nitrogens with one attached hydrogen (secondary N) is 1. The maximum absolute atomic E-state index is 16.7. The molecular formula is C32H29ClF4N8OS. The number of hydrogen-bond donors (Lipinski definition) is 3. The lowest BCUT2D eigenvalue weighted by atomic mass is 9.97. The number of nitrogen functional groups attached to an aromatic ring is 2. The van der Waals surface area contributed by atoms with Crippen LogP contribution >= 0.6 is 22.9 Å². The van der Waals surface area contributed by atoms with Gasteiger partial charge in [0.25, 0.3) is 5.92 Å². The van der Waals surface area contributed by atoms with Crippen LogP contribution in [0.4, 0.5) is 34.2 Å². The fourth-order valence-corrected chi connectivity index (χ4v) is 7.14. The molecule has 9 nitrogen and oxygen atoms in total. The lowest BCUT2D eigenvalue weighted by Crippen LogP contribution is -2.32. The molecule has 0 bridgehead atoms. The molecule has 3 aromatic heterocycles. The highest BCUT2D eigenvalue weighted by Gasteiger charge is 2.71. The predicted molar refractivity (Wildman–Crippen MR) is 176 cm³/mol. The average molecular weight is 685 g/mol. The summed E-state index contributed by atoms with van der Waals surface area (Å²) in [6, 6.07) is 9.14. The topological polar surface area (TPSA) is 139 Å². The Morgan fingerprint density at radius 1 is 1.21 bits per heavy atom. The summed E-state index contributed by atoms with van der Waals surface area (Å²) in [7, 11) is 3.37. The number of rotatable bonds is 10. The molecular weight excluding hydrogens is 656 g/mol. The third kappa shape index (κ3) is 5.72. The van der Waals surface area contributed by atoms with E-state index >= 15 is 4.39 Å². The smallest absolute Gasteiger partial charge is 0.319 e. The number of nitrogens with zero attached hydrogens (tertiary/aromatic N) is 5. The lowest BCUT2D eigenvalue weighted by Gasteiger charge is -2.21. The van der Waals surface area contributed by atoms with E-state index in [4.69, 9.17) is 27.8 Å². The van der Waals surface area contributed by atoms with E-state index in [1.807, 2.05) is 19.1 Å². The van der Waals surface area contributed by atoms with Gasteiger partial charge in [0.1, 0.15) is 40.6 Å². The molecule has 2 atom stereocenters. The summed E-state index contributed by atoms with van der Waals surface area (Å²) in [6.07, 6.45) is 1.20. The zero-order valence-electron chi connectivity index (χ0n) is 25.5. The molecule has 15 heteroatoms. The number of aromatic nitrogens is 3. The van der Waals surface area contributed by atoms with Crippen LogP contribution in [0.2, 0.25) is 5.02 Å². The van der Waals surface area contributed by atoms with Gasteiger partial charge in [0.15, 0.2) is 5.82 Å². The number of fused-ring (bicyclic) bond motifs is 2. The third-order valence-corrected chi connectivity index (χ3v) is 9.67. The Bertz CT molecular complexity index is 2080. The molecule has 0 amide bonds. The van der Waals surface area contributed by atoms with Gasteiger partial charge in [-0.15, -0.1) is 11.3 Å². The van der Waals surface area contributed by atoms with E-state index in [9.17, 15) is 18.4 Å². The number of ether oxygens (including phenoxy) is 1. The summed E-state index contributed by atoms with van der Waals surface area (Å²) >= 11 is 7.58. The SMILES string of the molecule is C[C@@H](CNc1nc(OC[C@]2(CN(C)C)CC2(F)F)nc2c(F)c(-c3ccc(F)c4sc(N)c(C#N)c34)c(Cl)cc12)c1cccnc1N. The molecule has 0 aliphatic heterocycles. The van der Waals surface area contributed by atoms with Crippen LogP contribution in [0.25, 0.3) is 32.1 Å². The molecule has 0 saturated heterocycles. The van der Waals surface area contributed by atoms with Gasteiger partial charge in [0.05, 0.1) is 20.7 Å². The van der Waals surface area contributed by atoms with E-state index in [1.54, 1.807) is 31.3 Å². The van der Waals surface area contributed by atoms with Crippen molar-refractivity contribution in [2.24, 2.45) is 5.41 Å². The van der Waals surface area contributed by atoms with Crippen molar-refractivity contribution in [3.63, 3.8) is 0 Å². The summed E-state index contributed by atoms with van der Waals surface area (Å²) in [4.78, 5) is 14.5. The molecule has 244 valence electrons. The quantitative estimate of drug-likeness (QED) is 0.132. The maximum Gasteiger partial charge on any atom is 0.319 e. The van der Waals surface area contributed by atoms with E-state index in [-0.39, 0.29) is 85.0 Å². The standard InChI is InChI=1S/C32H29ClF4N8OS/c1-15(16-5-4-8-41-27(16)39)11-42-29-18-9-20(33)23(17-6-7-21(34)26-22(17)19(10-38)28(40)47-26)24(35)25(18)43-30(44-29)46-14-31(13-45(2)3)12-32(31,36)37/h4-9,15H,11-14,40H2,1-3H3,(H2,39,41)(H,42,43,44)/t15-,31+/m0/s1. The van der Waals surface area contributed by atoms with Gasteiger partial charge in [-0.25, -0.2) is 22.5 Å². The molecule has 0 spiro atoms. The van der Waals surface area contributed by atoms with E-state index in [0.29, 0.717) is 5.82 Å². The summed E-state index contributed by atoms with van der Waals surface area (Å²) in [5, 5.41) is 13.3. The third-order valence-electron chi connectivity index (χ3n) is 8.35. The van der Waals surface area contributed by atoms with Crippen LogP contribution in [0.5, 0.6) is 6.01 Å². The van der Waals surface area contributed by atoms with Gasteiger partial charge in [0.2, 0.25) is 0 Å². The zero-order valence-corrected chi connectivity index (χ0v) is 27.0. The highest BCUT2D eigenvalue weighted by atomic mass is 35.5. The van der Waals surface area contributed by atoms with Crippen molar-refractivity contribution >= 4 is 60.6 Å². The van der Waals surface area contributed by atoms with Crippen molar-refractivity contribution in [2.45, 2.75) is 25.2 Å². The minimum absolute atomic E-state index is 0.00987. The highest BCUT2D eigenvalue weighted by molar-refractivity contribution is 7.23. The Balaban J connectivity index is 1.48. The number of nitriles is 1. The maximum atomic E-state index is 16.7. The van der Waals surface area contributed by atoms with E-state index in [1.165, 1.54) is 12.1 Å². The monoisotopic (exact) mass is 684 g/mol. The normalized spacial score (nSPS) is 17.6. The van der Waals surface area contributed by atoms with Crippen LogP contribution in [0, 0.1) is 28.4 Å². The molecule has 5 aromatic rings. The van der Waals surface area contributed by atoms with E-state index < -0.39 is 29.6 Å². The number of hydrogen-bond acceptors (Lipinski definition) is 10. The number of thiophene rings is 1. The van der Waals surface area contributed by atoms with Crippen molar-refractivity contribution in [1.82, 2.24) is 19.9 Å². The lowest BCUT2D eigenvalue weighted by molar-refractivity contribution is 0.0289. The Hall–Kier alpha value is -4.45. The number of alkyl halides is 2. The van der Waals surface area contributed by atoms with Gasteiger partial charge in [-0.05, 0) is 43.4 Å². The predicted octanol–water partition coefficient (Wildman–Crippen LogP) is 7.06. The first kappa shape index (κ1) is 32.5. The van der Waals surface area contributed by atoms with Gasteiger partial charge < -0.3 is 26.4 Å². The van der Waals surface area contributed by atoms with Crippen LogP contribution in [0.15, 0.2) is 36.5 Å². The molecule has 3 heterocycles. The number of halogens is 5. The average Bonchev–Trinajstić information content (AvgIpc) is 3.36. The summed E-state index contributed by atoms with van der Waals surface area (Å²) < 4.78 is 66.4. The van der Waals surface area contributed by atoms with Crippen LogP contribution in [-0.2, 0) is 0 Å². The Kier molecular flexibility index (Phi) is 8.27. The first-order valence-electron chi connectivity index (χ1n) is 14.5. The van der Waals surface area contributed by atoms with E-state index in [2.05, 4.69) is 20.3 Å². The van der Waals surface area contributed by atoms with E-state index in [0.717, 1.165) is 23.0 Å². The van der Waals surface area contributed by atoms with Gasteiger partial charge in [0, 0.05) is 48.0 Å². The minimum atomic E-state index is -2.95. The molecule has 1 saturated carbocycles. The van der Waals surface area contributed by atoms with Crippen molar-refractivity contribution < 1.29 is 22.3 Å². The number of anilines is 3. The fraction of sp³-hybridized carbons (Fsp3) is 0.312. The van der Waals surface area contributed by atoms with Crippen molar-refractivity contribution in [3.05, 3.63) is 64.3 Å². The minimum Gasteiger partial charge on any atom is -0.463 e. The summed E-state index contributed by atoms with van der Waals surface area (Å²) in [5.74, 6) is -4.17. The zero-order chi connectivity index (χ0) is 33.8. The molecule has 47 heavy (non-hydrogen) atoms. The number of benzene rings is 2. The Morgan fingerprint density at radius 2 is 1.96 bits per heavy atom. The molecule has 0 radical (unpaired) electrons. The van der Waals surface area contributed by atoms with Gasteiger partial charge in [-0.3, -0.25) is 0 Å². The van der Waals surface area contributed by atoms with Crippen LogP contribution in [0.3, 0.4) is 0 Å². The molecule has 0 unspecified atom stereocenters. The first-order chi connectivity index (χ1) is 22.3. The number of nitrogens with two attached hydrogens (primary N) is 2. The summed E-state index contributed by atoms with van der Waals surface area (Å²) in [5.41, 5.74) is 11.1. The second kappa shape index (κ2) is 12.0. The molecule has 5 N–H and O–H groups in total. The second-order valence-corrected chi connectivity index (χ2v) is 13.5. The van der Waals surface area contributed by atoms with Gasteiger partial charge in [-0.2, -0.15) is 15.2 Å². The highest BCUT2D eigenvalue weighted by Crippen LogP contribution is 2.60. The van der Waals surface area contributed by atoms with Crippen LogP contribution in [0.1, 0.15) is 30.4 Å². The first-order valence-corrected chi connectivity index (χ1v) is 15.7. The molecule has 1 fully saturated rings. The fourth-order valence-electron chi connectivity index (χ4n) is 5.90. The molecule has 1 aliphatic carbocycles. The van der Waals surface area contributed by atoms with Crippen molar-refractivity contribution in [3.8, 4) is 23.2 Å². The van der Waals surface area contributed by atoms with Crippen molar-refractivity contribution in [1.29, 1.82) is 5.26 Å². The molecule has 2 aromatic carbocycles. The summed E-state index contributed by atoms with van der Waals surface area (Å²) in [6.45, 7) is 1.82. The van der Waals surface area contributed by atoms with Gasteiger partial charge >= 0.3 is 6.01 Å². The largest absolute Gasteiger partial charge is 0.463 e. The molecule has 1 aliphatic rings.